The summed E-state index contributed by atoms with van der Waals surface area (Å²) in [5, 5.41) is 17.7. The monoisotopic (exact) mass is 346 g/mol. The Morgan fingerprint density at radius 2 is 1.85 bits per heavy atom. The Morgan fingerprint density at radius 1 is 1.08 bits per heavy atom. The number of aromatic nitrogens is 5. The zero-order valence-corrected chi connectivity index (χ0v) is 13.8. The Labute approximate surface area is 148 Å². The largest absolute Gasteiger partial charge is 0.350 e. The van der Waals surface area contributed by atoms with E-state index in [2.05, 4.69) is 26.0 Å². The van der Waals surface area contributed by atoms with Gasteiger partial charge in [0.2, 0.25) is 5.76 Å². The molecule has 0 saturated heterocycles. The van der Waals surface area contributed by atoms with Crippen LogP contribution in [0.1, 0.15) is 16.1 Å². The molecule has 128 valence electrons. The van der Waals surface area contributed by atoms with E-state index in [4.69, 9.17) is 4.52 Å². The number of hydrogen-bond donors (Lipinski definition) is 1. The molecule has 26 heavy (non-hydrogen) atoms. The van der Waals surface area contributed by atoms with Crippen molar-refractivity contribution in [3.63, 3.8) is 0 Å². The molecule has 0 spiro atoms. The van der Waals surface area contributed by atoms with Gasteiger partial charge >= 0.3 is 0 Å². The Bertz CT molecular complexity index is 1020. The molecule has 0 aliphatic rings. The van der Waals surface area contributed by atoms with Crippen LogP contribution in [0.5, 0.6) is 0 Å². The molecule has 2 aromatic heterocycles. The molecule has 0 saturated carbocycles. The van der Waals surface area contributed by atoms with E-state index in [1.54, 1.807) is 30.3 Å². The first-order valence-electron chi connectivity index (χ1n) is 7.87. The van der Waals surface area contributed by atoms with Crippen LogP contribution >= 0.6 is 0 Å². The molecular formula is C18H14N6O2. The number of rotatable bonds is 4. The van der Waals surface area contributed by atoms with Gasteiger partial charge in [-0.25, -0.2) is 4.68 Å². The van der Waals surface area contributed by atoms with Gasteiger partial charge in [-0.15, -0.1) is 5.10 Å². The van der Waals surface area contributed by atoms with Crippen molar-refractivity contribution in [2.75, 3.05) is 5.32 Å². The summed E-state index contributed by atoms with van der Waals surface area (Å²) in [6, 6.07) is 16.6. The number of carbonyl (C=O) groups is 1. The molecule has 4 rings (SSSR count). The highest BCUT2D eigenvalue weighted by atomic mass is 16.5. The van der Waals surface area contributed by atoms with E-state index in [-0.39, 0.29) is 11.7 Å². The molecule has 2 heterocycles. The van der Waals surface area contributed by atoms with Gasteiger partial charge in [0.15, 0.2) is 0 Å². The summed E-state index contributed by atoms with van der Waals surface area (Å²) in [7, 11) is 0. The van der Waals surface area contributed by atoms with Gasteiger partial charge in [-0.2, -0.15) is 0 Å². The van der Waals surface area contributed by atoms with E-state index < -0.39 is 0 Å². The fourth-order valence-corrected chi connectivity index (χ4v) is 2.41. The Morgan fingerprint density at radius 3 is 2.54 bits per heavy atom. The standard InChI is InChI=1S/C18H14N6O2/c1-12-2-4-13(5-3-12)16-10-17(26-21-16)18(25)20-14-6-8-15(9-7-14)24-11-19-22-23-24/h2-11H,1H3,(H,20,25). The normalized spacial score (nSPS) is 10.7. The summed E-state index contributed by atoms with van der Waals surface area (Å²) >= 11 is 0. The zero-order valence-electron chi connectivity index (χ0n) is 13.8. The van der Waals surface area contributed by atoms with Gasteiger partial charge in [0.1, 0.15) is 12.0 Å². The third kappa shape index (κ3) is 3.20. The van der Waals surface area contributed by atoms with Crippen LogP contribution in [0.15, 0.2) is 65.4 Å². The van der Waals surface area contributed by atoms with Crippen LogP contribution < -0.4 is 5.32 Å². The van der Waals surface area contributed by atoms with Gasteiger partial charge in [0, 0.05) is 17.3 Å². The summed E-state index contributed by atoms with van der Waals surface area (Å²) in [4.78, 5) is 12.3. The van der Waals surface area contributed by atoms with Crippen molar-refractivity contribution in [3.05, 3.63) is 72.2 Å². The average Bonchev–Trinajstić information content (AvgIpc) is 3.35. The molecule has 8 heteroatoms. The number of amides is 1. The predicted octanol–water partition coefficient (Wildman–Crippen LogP) is 2.88. The summed E-state index contributed by atoms with van der Waals surface area (Å²) in [5.74, 6) is -0.226. The average molecular weight is 346 g/mol. The second-order valence-corrected chi connectivity index (χ2v) is 5.70. The topological polar surface area (TPSA) is 98.7 Å². The molecule has 0 radical (unpaired) electrons. The van der Waals surface area contributed by atoms with Crippen molar-refractivity contribution in [1.82, 2.24) is 25.4 Å². The smallest absolute Gasteiger partial charge is 0.294 e. The molecule has 1 N–H and O–H groups in total. The number of nitrogens with one attached hydrogen (secondary N) is 1. The number of tetrazole rings is 1. The van der Waals surface area contributed by atoms with Gasteiger partial charge in [-0.05, 0) is 41.6 Å². The van der Waals surface area contributed by atoms with Crippen LogP contribution in [0.3, 0.4) is 0 Å². The molecule has 8 nitrogen and oxygen atoms in total. The van der Waals surface area contributed by atoms with Crippen LogP contribution in [0.2, 0.25) is 0 Å². The number of aryl methyl sites for hydroxylation is 1. The van der Waals surface area contributed by atoms with Crippen LogP contribution in [0.4, 0.5) is 5.69 Å². The minimum Gasteiger partial charge on any atom is -0.350 e. The maximum atomic E-state index is 12.3. The summed E-state index contributed by atoms with van der Waals surface area (Å²) in [6.45, 7) is 2.01. The lowest BCUT2D eigenvalue weighted by Gasteiger charge is -2.04. The van der Waals surface area contributed by atoms with Gasteiger partial charge in [-0.1, -0.05) is 35.0 Å². The van der Waals surface area contributed by atoms with Crippen molar-refractivity contribution < 1.29 is 9.32 Å². The zero-order chi connectivity index (χ0) is 17.9. The van der Waals surface area contributed by atoms with Gasteiger partial charge in [0.25, 0.3) is 5.91 Å². The Balaban J connectivity index is 1.47. The van der Waals surface area contributed by atoms with Crippen LogP contribution in [-0.4, -0.2) is 31.3 Å². The molecule has 0 atom stereocenters. The second-order valence-electron chi connectivity index (χ2n) is 5.70. The van der Waals surface area contributed by atoms with Crippen molar-refractivity contribution in [2.45, 2.75) is 6.92 Å². The lowest BCUT2D eigenvalue weighted by Crippen LogP contribution is -2.10. The molecule has 4 aromatic rings. The van der Waals surface area contributed by atoms with Gasteiger partial charge in [-0.3, -0.25) is 4.79 Å². The molecule has 0 unspecified atom stereocenters. The highest BCUT2D eigenvalue weighted by Crippen LogP contribution is 2.20. The first kappa shape index (κ1) is 15.7. The SMILES string of the molecule is Cc1ccc(-c2cc(C(=O)Nc3ccc(-n4cnnn4)cc3)on2)cc1. The fraction of sp³-hybridized carbons (Fsp3) is 0.0556. The van der Waals surface area contributed by atoms with Crippen LogP contribution in [0, 0.1) is 6.92 Å². The van der Waals surface area contributed by atoms with Crippen LogP contribution in [0.25, 0.3) is 16.9 Å². The molecule has 2 aromatic carbocycles. The summed E-state index contributed by atoms with van der Waals surface area (Å²) in [5.41, 5.74) is 4.07. The second kappa shape index (κ2) is 6.60. The number of hydrogen-bond acceptors (Lipinski definition) is 6. The molecule has 0 aliphatic carbocycles. The number of anilines is 1. The molecule has 1 amide bonds. The Kier molecular flexibility index (Phi) is 3.98. The summed E-state index contributed by atoms with van der Waals surface area (Å²) < 4.78 is 6.70. The minimum atomic E-state index is -0.369. The third-order valence-corrected chi connectivity index (χ3v) is 3.82. The minimum absolute atomic E-state index is 0.144. The molecule has 0 bridgehead atoms. The number of benzene rings is 2. The quantitative estimate of drug-likeness (QED) is 0.610. The molecule has 0 aliphatic heterocycles. The number of carbonyl (C=O) groups excluding carboxylic acids is 1. The van der Waals surface area contributed by atoms with Crippen molar-refractivity contribution >= 4 is 11.6 Å². The van der Waals surface area contributed by atoms with Crippen molar-refractivity contribution in [1.29, 1.82) is 0 Å². The van der Waals surface area contributed by atoms with E-state index in [9.17, 15) is 4.79 Å². The van der Waals surface area contributed by atoms with E-state index in [1.165, 1.54) is 11.0 Å². The lowest BCUT2D eigenvalue weighted by atomic mass is 10.1. The molecule has 0 fully saturated rings. The highest BCUT2D eigenvalue weighted by Gasteiger charge is 2.14. The predicted molar refractivity (Wildman–Crippen MR) is 93.8 cm³/mol. The van der Waals surface area contributed by atoms with Crippen LogP contribution in [-0.2, 0) is 0 Å². The third-order valence-electron chi connectivity index (χ3n) is 3.82. The molecular weight excluding hydrogens is 332 g/mol. The first-order valence-corrected chi connectivity index (χ1v) is 7.87. The van der Waals surface area contributed by atoms with E-state index >= 15 is 0 Å². The Hall–Kier alpha value is -3.81. The highest BCUT2D eigenvalue weighted by molar-refractivity contribution is 6.02. The van der Waals surface area contributed by atoms with Gasteiger partial charge in [0.05, 0.1) is 5.69 Å². The van der Waals surface area contributed by atoms with Crippen molar-refractivity contribution in [3.8, 4) is 16.9 Å². The summed E-state index contributed by atoms with van der Waals surface area (Å²) in [6.07, 6.45) is 1.49. The first-order chi connectivity index (χ1) is 12.7. The maximum Gasteiger partial charge on any atom is 0.294 e. The number of nitrogens with zero attached hydrogens (tertiary/aromatic N) is 5. The fourth-order valence-electron chi connectivity index (χ4n) is 2.41. The lowest BCUT2D eigenvalue weighted by molar-refractivity contribution is 0.0988. The van der Waals surface area contributed by atoms with E-state index in [0.29, 0.717) is 11.4 Å². The van der Waals surface area contributed by atoms with Gasteiger partial charge < -0.3 is 9.84 Å². The van der Waals surface area contributed by atoms with E-state index in [1.807, 2.05) is 31.2 Å². The van der Waals surface area contributed by atoms with Crippen molar-refractivity contribution in [2.24, 2.45) is 0 Å². The van der Waals surface area contributed by atoms with E-state index in [0.717, 1.165) is 16.8 Å². The maximum absolute atomic E-state index is 12.3.